The van der Waals surface area contributed by atoms with Gasteiger partial charge in [-0.1, -0.05) is 11.6 Å². The van der Waals surface area contributed by atoms with Gasteiger partial charge in [0.05, 0.1) is 36.0 Å². The van der Waals surface area contributed by atoms with E-state index in [-0.39, 0.29) is 16.5 Å². The molecule has 1 aromatic carbocycles. The van der Waals surface area contributed by atoms with E-state index in [0.29, 0.717) is 54.1 Å². The Labute approximate surface area is 170 Å². The summed E-state index contributed by atoms with van der Waals surface area (Å²) in [5.41, 5.74) is 1.35. The summed E-state index contributed by atoms with van der Waals surface area (Å²) in [5.74, 6) is -0.410. The van der Waals surface area contributed by atoms with E-state index in [2.05, 4.69) is 20.3 Å². The van der Waals surface area contributed by atoms with Gasteiger partial charge in [0.15, 0.2) is 11.5 Å². The summed E-state index contributed by atoms with van der Waals surface area (Å²) in [7, 11) is 1.61. The Morgan fingerprint density at radius 2 is 2.17 bits per heavy atom. The van der Waals surface area contributed by atoms with Crippen molar-refractivity contribution >= 4 is 40.2 Å². The second kappa shape index (κ2) is 9.61. The normalized spacial score (nSPS) is 11.0. The minimum atomic E-state index is -0.614. The number of aromatic amines is 1. The van der Waals surface area contributed by atoms with Crippen molar-refractivity contribution in [2.24, 2.45) is 0 Å². The summed E-state index contributed by atoms with van der Waals surface area (Å²) in [6, 6.07) is 5.23. The molecule has 4 N–H and O–H groups in total. The van der Waals surface area contributed by atoms with E-state index in [1.165, 1.54) is 18.3 Å². The molecule has 2 heterocycles. The Hall–Kier alpha value is -2.79. The highest BCUT2D eigenvalue weighted by molar-refractivity contribution is 6.31. The van der Waals surface area contributed by atoms with Crippen LogP contribution in [0.4, 0.5) is 16.0 Å². The Bertz CT molecular complexity index is 999. The molecule has 0 aliphatic heterocycles. The summed E-state index contributed by atoms with van der Waals surface area (Å²) < 4.78 is 23.6. The molecule has 0 atom stereocenters. The highest BCUT2D eigenvalue weighted by Crippen LogP contribution is 2.24. The first-order valence-corrected chi connectivity index (χ1v) is 9.07. The van der Waals surface area contributed by atoms with Gasteiger partial charge >= 0.3 is 0 Å². The van der Waals surface area contributed by atoms with Gasteiger partial charge in [-0.25, -0.2) is 14.4 Å². The largest absolute Gasteiger partial charge is 0.382 e. The molecule has 2 aromatic heterocycles. The Balaban J connectivity index is 1.74. The second-order valence-electron chi connectivity index (χ2n) is 5.93. The molecule has 29 heavy (non-hydrogen) atoms. The number of methoxy groups -OCH3 is 1. The minimum Gasteiger partial charge on any atom is -0.382 e. The smallest absolute Gasteiger partial charge is 0.202 e. The van der Waals surface area contributed by atoms with Crippen molar-refractivity contribution in [1.82, 2.24) is 15.0 Å². The van der Waals surface area contributed by atoms with Crippen molar-refractivity contribution in [2.45, 2.75) is 0 Å². The molecule has 3 aromatic rings. The third-order valence-corrected chi connectivity index (χ3v) is 4.27. The number of nitrogens with zero attached hydrogens (tertiary/aromatic N) is 3. The average molecular weight is 423 g/mol. The van der Waals surface area contributed by atoms with Crippen molar-refractivity contribution < 1.29 is 19.1 Å². The summed E-state index contributed by atoms with van der Waals surface area (Å²) in [4.78, 5) is 11.5. The maximum Gasteiger partial charge on any atom is 0.202 e. The van der Waals surface area contributed by atoms with Crippen LogP contribution in [0.15, 0.2) is 30.5 Å². The molecule has 3 rings (SSSR count). The molecule has 0 aliphatic carbocycles. The van der Waals surface area contributed by atoms with Gasteiger partial charge in [-0.3, -0.25) is 10.6 Å². The Morgan fingerprint density at radius 3 is 2.93 bits per heavy atom. The lowest BCUT2D eigenvalue weighted by atomic mass is 10.2. The number of hydroxylamine groups is 1. The number of rotatable bonds is 9. The number of fused-ring (bicyclic) bond motifs is 1. The van der Waals surface area contributed by atoms with Crippen molar-refractivity contribution in [1.29, 1.82) is 5.41 Å². The van der Waals surface area contributed by atoms with Crippen molar-refractivity contribution in [3.05, 3.63) is 46.9 Å². The standard InChI is InChI=1S/C18H20ClFN6O3/c1-28-8-9-29-7-6-23-18-24-15-12(4-5-22-17(15)25-18)16(21)26(27)11-2-3-14(20)13(19)10-11/h2-5,10,21,27H,6-9H2,1H3,(H2,22,23,24,25). The van der Waals surface area contributed by atoms with Gasteiger partial charge in [-0.15, -0.1) is 0 Å². The lowest BCUT2D eigenvalue weighted by Crippen LogP contribution is -2.27. The van der Waals surface area contributed by atoms with Crippen LogP contribution in [0.1, 0.15) is 5.56 Å². The summed E-state index contributed by atoms with van der Waals surface area (Å²) in [6.07, 6.45) is 1.48. The molecular weight excluding hydrogens is 403 g/mol. The first-order valence-electron chi connectivity index (χ1n) is 8.69. The molecule has 0 bridgehead atoms. The van der Waals surface area contributed by atoms with Crippen molar-refractivity contribution in [3.63, 3.8) is 0 Å². The first kappa shape index (κ1) is 20.9. The zero-order chi connectivity index (χ0) is 20.8. The number of anilines is 2. The molecule has 11 heteroatoms. The number of hydrogen-bond donors (Lipinski definition) is 4. The maximum absolute atomic E-state index is 13.4. The highest BCUT2D eigenvalue weighted by atomic mass is 35.5. The van der Waals surface area contributed by atoms with E-state index in [1.807, 2.05) is 0 Å². The lowest BCUT2D eigenvalue weighted by molar-refractivity contribution is 0.0759. The molecule has 0 spiro atoms. The summed E-state index contributed by atoms with van der Waals surface area (Å²) in [5, 5.41) is 22.3. The number of benzene rings is 1. The van der Waals surface area contributed by atoms with Crippen LogP contribution < -0.4 is 10.4 Å². The zero-order valence-corrected chi connectivity index (χ0v) is 16.3. The van der Waals surface area contributed by atoms with Crippen LogP contribution in [0.5, 0.6) is 0 Å². The lowest BCUT2D eigenvalue weighted by Gasteiger charge is -2.18. The van der Waals surface area contributed by atoms with Gasteiger partial charge in [0.2, 0.25) is 5.95 Å². The number of ether oxygens (including phenoxy) is 2. The molecule has 0 saturated carbocycles. The van der Waals surface area contributed by atoms with Gasteiger partial charge in [-0.2, -0.15) is 4.98 Å². The van der Waals surface area contributed by atoms with Gasteiger partial charge in [0, 0.05) is 25.4 Å². The van der Waals surface area contributed by atoms with Gasteiger partial charge in [0.1, 0.15) is 5.82 Å². The fourth-order valence-electron chi connectivity index (χ4n) is 2.54. The van der Waals surface area contributed by atoms with Crippen LogP contribution in [0.2, 0.25) is 5.02 Å². The van der Waals surface area contributed by atoms with Crippen LogP contribution in [0.25, 0.3) is 11.2 Å². The fourth-order valence-corrected chi connectivity index (χ4v) is 2.71. The zero-order valence-electron chi connectivity index (χ0n) is 15.6. The number of nitrogens with one attached hydrogen (secondary N) is 3. The van der Waals surface area contributed by atoms with Crippen LogP contribution in [0.3, 0.4) is 0 Å². The monoisotopic (exact) mass is 422 g/mol. The molecular formula is C18H20ClFN6O3. The van der Waals surface area contributed by atoms with E-state index in [0.717, 1.165) is 6.07 Å². The first-order chi connectivity index (χ1) is 14.0. The summed E-state index contributed by atoms with van der Waals surface area (Å²) in [6.45, 7) is 2.00. The third kappa shape index (κ3) is 4.98. The SMILES string of the molecule is COCCOCCNc1nc2nccc(C(=N)N(O)c3ccc(F)c(Cl)c3)c2[nH]1. The second-order valence-corrected chi connectivity index (χ2v) is 6.34. The predicted octanol–water partition coefficient (Wildman–Crippen LogP) is 3.05. The maximum atomic E-state index is 13.4. The van der Waals surface area contributed by atoms with Gasteiger partial charge in [-0.05, 0) is 24.3 Å². The molecule has 154 valence electrons. The molecule has 0 amide bonds. The van der Waals surface area contributed by atoms with E-state index >= 15 is 0 Å². The fraction of sp³-hybridized carbons (Fsp3) is 0.278. The van der Waals surface area contributed by atoms with E-state index in [9.17, 15) is 9.60 Å². The topological polar surface area (TPSA) is 119 Å². The van der Waals surface area contributed by atoms with Crippen LogP contribution in [0, 0.1) is 11.2 Å². The minimum absolute atomic E-state index is 0.150. The number of hydrogen-bond acceptors (Lipinski definition) is 7. The van der Waals surface area contributed by atoms with Crippen molar-refractivity contribution in [2.75, 3.05) is 43.9 Å². The van der Waals surface area contributed by atoms with Crippen LogP contribution in [-0.2, 0) is 9.47 Å². The van der Waals surface area contributed by atoms with E-state index < -0.39 is 5.82 Å². The van der Waals surface area contributed by atoms with Gasteiger partial charge in [0.25, 0.3) is 0 Å². The number of amidine groups is 1. The average Bonchev–Trinajstić information content (AvgIpc) is 3.14. The number of imidazole rings is 1. The highest BCUT2D eigenvalue weighted by Gasteiger charge is 2.18. The Kier molecular flexibility index (Phi) is 6.94. The molecule has 0 fully saturated rings. The summed E-state index contributed by atoms with van der Waals surface area (Å²) >= 11 is 5.76. The van der Waals surface area contributed by atoms with Crippen molar-refractivity contribution in [3.8, 4) is 0 Å². The molecule has 0 radical (unpaired) electrons. The Morgan fingerprint density at radius 1 is 1.34 bits per heavy atom. The van der Waals surface area contributed by atoms with Gasteiger partial charge < -0.3 is 19.8 Å². The van der Waals surface area contributed by atoms with Crippen LogP contribution >= 0.6 is 11.6 Å². The molecule has 9 nitrogen and oxygen atoms in total. The molecule has 0 aliphatic rings. The third-order valence-electron chi connectivity index (χ3n) is 3.98. The predicted molar refractivity (Wildman–Crippen MR) is 108 cm³/mol. The molecule has 0 unspecified atom stereocenters. The number of aromatic nitrogens is 3. The number of H-pyrrole nitrogens is 1. The van der Waals surface area contributed by atoms with E-state index in [1.54, 1.807) is 13.2 Å². The molecule has 0 saturated heterocycles. The quantitative estimate of drug-likeness (QED) is 0.181. The number of pyridine rings is 1. The van der Waals surface area contributed by atoms with E-state index in [4.69, 9.17) is 26.5 Å². The van der Waals surface area contributed by atoms with Crippen LogP contribution in [-0.4, -0.2) is 59.5 Å². The number of halogens is 2.